The van der Waals surface area contributed by atoms with Gasteiger partial charge in [0, 0.05) is 25.7 Å². The van der Waals surface area contributed by atoms with Gasteiger partial charge in [-0.2, -0.15) is 0 Å². The molecule has 0 atom stereocenters. The second kappa shape index (κ2) is 7.52. The smallest absolute Gasteiger partial charge is 0.356 e. The second-order valence-corrected chi connectivity index (χ2v) is 5.87. The highest BCUT2D eigenvalue weighted by molar-refractivity contribution is 5.84. The van der Waals surface area contributed by atoms with Crippen molar-refractivity contribution >= 4 is 5.97 Å². The van der Waals surface area contributed by atoms with Crippen LogP contribution in [0.4, 0.5) is 8.78 Å². The van der Waals surface area contributed by atoms with Gasteiger partial charge in [0.15, 0.2) is 17.3 Å². The number of aromatic nitrogens is 2. The zero-order valence-corrected chi connectivity index (χ0v) is 13.4. The lowest BCUT2D eigenvalue weighted by Gasteiger charge is -2.31. The van der Waals surface area contributed by atoms with Crippen molar-refractivity contribution in [3.05, 3.63) is 53.6 Å². The van der Waals surface area contributed by atoms with E-state index in [4.69, 9.17) is 9.84 Å². The molecule has 1 fully saturated rings. The van der Waals surface area contributed by atoms with Gasteiger partial charge in [-0.15, -0.1) is 0 Å². The molecule has 0 unspecified atom stereocenters. The van der Waals surface area contributed by atoms with Crippen molar-refractivity contribution in [2.45, 2.75) is 25.5 Å². The number of nitrogens with zero attached hydrogens (tertiary/aromatic N) is 3. The van der Waals surface area contributed by atoms with Crippen LogP contribution in [0.25, 0.3) is 0 Å². The van der Waals surface area contributed by atoms with E-state index in [-0.39, 0.29) is 17.5 Å². The second-order valence-electron chi connectivity index (χ2n) is 5.87. The summed E-state index contributed by atoms with van der Waals surface area (Å²) in [6.45, 7) is 2.02. The maximum atomic E-state index is 13.6. The fraction of sp³-hybridized carbons (Fsp3) is 0.353. The van der Waals surface area contributed by atoms with Crippen LogP contribution >= 0.6 is 0 Å². The van der Waals surface area contributed by atoms with E-state index in [1.807, 2.05) is 0 Å². The Morgan fingerprint density at radius 3 is 2.60 bits per heavy atom. The Hall–Kier alpha value is -2.61. The summed E-state index contributed by atoms with van der Waals surface area (Å²) >= 11 is 0. The Morgan fingerprint density at radius 2 is 2.00 bits per heavy atom. The fourth-order valence-electron chi connectivity index (χ4n) is 2.71. The van der Waals surface area contributed by atoms with Gasteiger partial charge < -0.3 is 9.84 Å². The predicted molar refractivity (Wildman–Crippen MR) is 84.3 cm³/mol. The van der Waals surface area contributed by atoms with Gasteiger partial charge in [-0.25, -0.2) is 18.6 Å². The molecule has 0 bridgehead atoms. The lowest BCUT2D eigenvalue weighted by atomic mass is 10.1. The van der Waals surface area contributed by atoms with Gasteiger partial charge in [0.1, 0.15) is 11.9 Å². The number of hydrogen-bond acceptors (Lipinski definition) is 5. The molecule has 0 radical (unpaired) electrons. The number of carboxylic acids is 1. The fourth-order valence-corrected chi connectivity index (χ4v) is 2.71. The summed E-state index contributed by atoms with van der Waals surface area (Å²) in [5, 5.41) is 8.81. The highest BCUT2D eigenvalue weighted by Crippen LogP contribution is 2.23. The number of benzene rings is 1. The van der Waals surface area contributed by atoms with E-state index in [1.165, 1.54) is 24.5 Å². The Labute approximate surface area is 143 Å². The molecule has 2 aromatic rings. The first kappa shape index (κ1) is 17.2. The van der Waals surface area contributed by atoms with Crippen molar-refractivity contribution in [3.8, 4) is 5.75 Å². The SMILES string of the molecule is O=C(O)c1cnc(CN2CCC(Oc3ccc(F)cc3F)CC2)cn1. The molecule has 25 heavy (non-hydrogen) atoms. The van der Waals surface area contributed by atoms with E-state index < -0.39 is 17.6 Å². The number of halogens is 2. The number of likely N-dealkylation sites (tertiary alicyclic amines) is 1. The van der Waals surface area contributed by atoms with Crippen LogP contribution in [-0.2, 0) is 6.54 Å². The maximum absolute atomic E-state index is 13.6. The summed E-state index contributed by atoms with van der Waals surface area (Å²) in [5.41, 5.74) is 0.603. The first-order valence-corrected chi connectivity index (χ1v) is 7.89. The van der Waals surface area contributed by atoms with Crippen LogP contribution in [0.2, 0.25) is 0 Å². The Balaban J connectivity index is 1.50. The summed E-state index contributed by atoms with van der Waals surface area (Å²) in [4.78, 5) is 20.8. The number of carbonyl (C=O) groups is 1. The van der Waals surface area contributed by atoms with Gasteiger partial charge in [-0.05, 0) is 25.0 Å². The molecule has 8 heteroatoms. The van der Waals surface area contributed by atoms with Crippen molar-refractivity contribution in [3.63, 3.8) is 0 Å². The van der Waals surface area contributed by atoms with Crippen molar-refractivity contribution in [1.82, 2.24) is 14.9 Å². The summed E-state index contributed by atoms with van der Waals surface area (Å²) in [7, 11) is 0. The third-order valence-corrected chi connectivity index (χ3v) is 4.03. The molecule has 0 saturated carbocycles. The highest BCUT2D eigenvalue weighted by Gasteiger charge is 2.22. The van der Waals surface area contributed by atoms with E-state index in [9.17, 15) is 13.6 Å². The predicted octanol–water partition coefficient (Wildman–Crippen LogP) is 2.50. The zero-order valence-electron chi connectivity index (χ0n) is 13.4. The Kier molecular flexibility index (Phi) is 5.18. The minimum Gasteiger partial charge on any atom is -0.487 e. The largest absolute Gasteiger partial charge is 0.487 e. The van der Waals surface area contributed by atoms with Gasteiger partial charge in [0.2, 0.25) is 0 Å². The van der Waals surface area contributed by atoms with E-state index >= 15 is 0 Å². The molecular weight excluding hydrogens is 332 g/mol. The molecule has 0 aliphatic carbocycles. The molecular formula is C17H17F2N3O3. The molecule has 6 nitrogen and oxygen atoms in total. The highest BCUT2D eigenvalue weighted by atomic mass is 19.1. The van der Waals surface area contributed by atoms with Crippen molar-refractivity contribution in [2.75, 3.05) is 13.1 Å². The lowest BCUT2D eigenvalue weighted by Crippen LogP contribution is -2.38. The summed E-state index contributed by atoms with van der Waals surface area (Å²) in [5.74, 6) is -2.37. The minimum absolute atomic E-state index is 0.0648. The van der Waals surface area contributed by atoms with E-state index in [2.05, 4.69) is 14.9 Å². The van der Waals surface area contributed by atoms with Gasteiger partial charge >= 0.3 is 5.97 Å². The van der Waals surface area contributed by atoms with Crippen LogP contribution in [0.1, 0.15) is 29.0 Å². The molecule has 1 saturated heterocycles. The summed E-state index contributed by atoms with van der Waals surface area (Å²) in [6, 6.07) is 3.29. The molecule has 2 heterocycles. The van der Waals surface area contributed by atoms with Crippen molar-refractivity contribution in [2.24, 2.45) is 0 Å². The molecule has 1 aromatic heterocycles. The first-order valence-electron chi connectivity index (χ1n) is 7.89. The van der Waals surface area contributed by atoms with Crippen LogP contribution in [0, 0.1) is 11.6 Å². The third kappa shape index (κ3) is 4.48. The molecule has 132 valence electrons. The van der Waals surface area contributed by atoms with Crippen LogP contribution in [0.3, 0.4) is 0 Å². The van der Waals surface area contributed by atoms with Gasteiger partial charge in [-0.1, -0.05) is 0 Å². The molecule has 1 aromatic carbocycles. The average molecular weight is 349 g/mol. The maximum Gasteiger partial charge on any atom is 0.356 e. The minimum atomic E-state index is -1.11. The van der Waals surface area contributed by atoms with Crippen LogP contribution in [0.5, 0.6) is 5.75 Å². The lowest BCUT2D eigenvalue weighted by molar-refractivity contribution is 0.0689. The number of hydrogen-bond donors (Lipinski definition) is 1. The summed E-state index contributed by atoms with van der Waals surface area (Å²) in [6.07, 6.45) is 3.98. The molecule has 0 amide bonds. The number of carboxylic acid groups (broad SMARTS) is 1. The number of aromatic carboxylic acids is 1. The van der Waals surface area contributed by atoms with Crippen molar-refractivity contribution in [1.29, 1.82) is 0 Å². The molecule has 1 aliphatic rings. The van der Waals surface area contributed by atoms with Crippen LogP contribution in [0.15, 0.2) is 30.6 Å². The number of rotatable bonds is 5. The zero-order chi connectivity index (χ0) is 17.8. The normalized spacial score (nSPS) is 15.9. The van der Waals surface area contributed by atoms with E-state index in [0.29, 0.717) is 25.1 Å². The molecule has 1 aliphatic heterocycles. The quantitative estimate of drug-likeness (QED) is 0.894. The molecule has 1 N–H and O–H groups in total. The van der Waals surface area contributed by atoms with E-state index in [0.717, 1.165) is 19.2 Å². The Morgan fingerprint density at radius 1 is 1.24 bits per heavy atom. The van der Waals surface area contributed by atoms with Gasteiger partial charge in [0.05, 0.1) is 18.1 Å². The average Bonchev–Trinajstić information content (AvgIpc) is 2.59. The number of piperidine rings is 1. The number of ether oxygens (including phenoxy) is 1. The molecule has 3 rings (SSSR count). The Bertz CT molecular complexity index is 747. The van der Waals surface area contributed by atoms with Crippen LogP contribution < -0.4 is 4.74 Å². The van der Waals surface area contributed by atoms with Gasteiger partial charge in [0.25, 0.3) is 0 Å². The van der Waals surface area contributed by atoms with Gasteiger partial charge in [-0.3, -0.25) is 9.88 Å². The first-order chi connectivity index (χ1) is 12.0. The topological polar surface area (TPSA) is 75.5 Å². The standard InChI is InChI=1S/C17H17F2N3O3/c18-11-1-2-16(14(19)7-11)25-13-3-5-22(6-4-13)10-12-8-21-15(9-20-12)17(23)24/h1-2,7-9,13H,3-6,10H2,(H,23,24). The monoisotopic (exact) mass is 349 g/mol. The third-order valence-electron chi connectivity index (χ3n) is 4.03. The summed E-state index contributed by atoms with van der Waals surface area (Å²) < 4.78 is 32.2. The van der Waals surface area contributed by atoms with Crippen molar-refractivity contribution < 1.29 is 23.4 Å². The molecule has 0 spiro atoms. The van der Waals surface area contributed by atoms with E-state index in [1.54, 1.807) is 0 Å². The van der Waals surface area contributed by atoms with Crippen LogP contribution in [-0.4, -0.2) is 45.1 Å².